The van der Waals surface area contributed by atoms with Crippen LogP contribution in [-0.2, 0) is 4.79 Å². The summed E-state index contributed by atoms with van der Waals surface area (Å²) >= 11 is 1.61. The predicted molar refractivity (Wildman–Crippen MR) is 108 cm³/mol. The molecule has 1 aromatic heterocycles. The van der Waals surface area contributed by atoms with Gasteiger partial charge in [0.15, 0.2) is 0 Å². The molecule has 0 bridgehead atoms. The van der Waals surface area contributed by atoms with E-state index in [-0.39, 0.29) is 30.1 Å². The molecule has 0 spiro atoms. The van der Waals surface area contributed by atoms with Gasteiger partial charge in [0.25, 0.3) is 5.91 Å². The third kappa shape index (κ3) is 4.95. The molecule has 0 unspecified atom stereocenters. The molecule has 2 aromatic rings. The largest absolute Gasteiger partial charge is 0.334 e. The molecule has 0 radical (unpaired) electrons. The molecule has 1 aliphatic rings. The van der Waals surface area contributed by atoms with E-state index in [1.807, 2.05) is 68.6 Å². The Morgan fingerprint density at radius 2 is 1.93 bits per heavy atom. The molecule has 1 atom stereocenters. The summed E-state index contributed by atoms with van der Waals surface area (Å²) in [7, 11) is 0. The summed E-state index contributed by atoms with van der Waals surface area (Å²) in [6.45, 7) is 5.56. The maximum Gasteiger partial charge on any atom is 0.315 e. The minimum atomic E-state index is -0.367. The Morgan fingerprint density at radius 3 is 2.56 bits per heavy atom. The summed E-state index contributed by atoms with van der Waals surface area (Å²) in [6, 6.07) is 13.3. The first-order chi connectivity index (χ1) is 12.8. The van der Waals surface area contributed by atoms with Crippen LogP contribution in [0.2, 0.25) is 0 Å². The minimum absolute atomic E-state index is 0.105. The Bertz CT molecular complexity index is 825. The van der Waals surface area contributed by atoms with Crippen molar-refractivity contribution in [3.63, 3.8) is 0 Å². The lowest BCUT2D eigenvalue weighted by molar-refractivity contribution is -0.131. The van der Waals surface area contributed by atoms with Crippen LogP contribution in [0.1, 0.15) is 43.7 Å². The second-order valence-corrected chi connectivity index (χ2v) is 8.40. The van der Waals surface area contributed by atoms with Crippen LogP contribution in [0.25, 0.3) is 0 Å². The molecule has 27 heavy (non-hydrogen) atoms. The van der Waals surface area contributed by atoms with Crippen LogP contribution in [-0.4, -0.2) is 34.7 Å². The summed E-state index contributed by atoms with van der Waals surface area (Å²) < 4.78 is 0. The standard InChI is InChI=1S/C20H24N4O2S/c1-20(2,3)22-19(26)21-13-18(25)24-16(14-8-5-4-6-9-14)12-15(23-24)17-10-7-11-27-17/h4-11,16H,12-13H2,1-3H3,(H2,21,22,26)/t16-/m0/s1. The Kier molecular flexibility index (Phi) is 5.60. The van der Waals surface area contributed by atoms with E-state index in [1.54, 1.807) is 11.3 Å². The number of hydrogen-bond acceptors (Lipinski definition) is 4. The molecule has 1 aliphatic heterocycles. The molecule has 2 heterocycles. The normalized spacial score (nSPS) is 16.8. The van der Waals surface area contributed by atoms with Crippen LogP contribution in [0.15, 0.2) is 52.9 Å². The highest BCUT2D eigenvalue weighted by molar-refractivity contribution is 7.12. The summed E-state index contributed by atoms with van der Waals surface area (Å²) in [6.07, 6.45) is 0.657. The molecule has 0 fully saturated rings. The Balaban J connectivity index is 1.74. The van der Waals surface area contributed by atoms with Crippen molar-refractivity contribution in [3.05, 3.63) is 58.3 Å². The van der Waals surface area contributed by atoms with Gasteiger partial charge in [-0.15, -0.1) is 11.3 Å². The molecule has 0 saturated carbocycles. The highest BCUT2D eigenvalue weighted by Gasteiger charge is 2.33. The van der Waals surface area contributed by atoms with Gasteiger partial charge in [-0.05, 0) is 37.8 Å². The number of nitrogens with one attached hydrogen (secondary N) is 2. The Morgan fingerprint density at radius 1 is 1.19 bits per heavy atom. The number of amides is 3. The van der Waals surface area contributed by atoms with Gasteiger partial charge in [0.1, 0.15) is 6.54 Å². The first-order valence-corrected chi connectivity index (χ1v) is 9.76. The van der Waals surface area contributed by atoms with Crippen molar-refractivity contribution < 1.29 is 9.59 Å². The van der Waals surface area contributed by atoms with E-state index in [4.69, 9.17) is 0 Å². The summed E-state index contributed by atoms with van der Waals surface area (Å²) in [5, 5.41) is 13.5. The molecule has 142 valence electrons. The summed E-state index contributed by atoms with van der Waals surface area (Å²) in [4.78, 5) is 25.8. The maximum atomic E-state index is 12.8. The lowest BCUT2D eigenvalue weighted by Gasteiger charge is -2.23. The Hall–Kier alpha value is -2.67. The van der Waals surface area contributed by atoms with E-state index in [1.165, 1.54) is 5.01 Å². The minimum Gasteiger partial charge on any atom is -0.334 e. The van der Waals surface area contributed by atoms with Crippen molar-refractivity contribution in [2.75, 3.05) is 6.54 Å². The van der Waals surface area contributed by atoms with E-state index in [0.717, 1.165) is 16.2 Å². The van der Waals surface area contributed by atoms with Crippen molar-refractivity contribution >= 4 is 29.0 Å². The van der Waals surface area contributed by atoms with Gasteiger partial charge in [-0.3, -0.25) is 4.79 Å². The molecular formula is C20H24N4O2S. The first kappa shape index (κ1) is 19.1. The molecule has 3 amide bonds. The zero-order valence-corrected chi connectivity index (χ0v) is 16.5. The molecule has 2 N–H and O–H groups in total. The fourth-order valence-electron chi connectivity index (χ4n) is 2.89. The van der Waals surface area contributed by atoms with Crippen LogP contribution in [0.4, 0.5) is 4.79 Å². The molecule has 1 aromatic carbocycles. The van der Waals surface area contributed by atoms with Gasteiger partial charge in [-0.2, -0.15) is 5.10 Å². The first-order valence-electron chi connectivity index (χ1n) is 8.88. The number of carbonyl (C=O) groups excluding carboxylic acids is 2. The van der Waals surface area contributed by atoms with E-state index in [9.17, 15) is 9.59 Å². The van der Waals surface area contributed by atoms with Gasteiger partial charge < -0.3 is 10.6 Å². The van der Waals surface area contributed by atoms with Crippen molar-refractivity contribution in [2.45, 2.75) is 38.8 Å². The Labute approximate surface area is 163 Å². The second kappa shape index (κ2) is 7.92. The van der Waals surface area contributed by atoms with Crippen molar-refractivity contribution in [3.8, 4) is 0 Å². The third-order valence-electron chi connectivity index (χ3n) is 4.04. The fraction of sp³-hybridized carbons (Fsp3) is 0.350. The predicted octanol–water partition coefficient (Wildman–Crippen LogP) is 3.52. The summed E-state index contributed by atoms with van der Waals surface area (Å²) in [5.74, 6) is -0.237. The third-order valence-corrected chi connectivity index (χ3v) is 4.96. The van der Waals surface area contributed by atoms with E-state index in [0.29, 0.717) is 6.42 Å². The highest BCUT2D eigenvalue weighted by Crippen LogP contribution is 2.33. The SMILES string of the molecule is CC(C)(C)NC(=O)NCC(=O)N1N=C(c2cccs2)C[C@H]1c1ccccc1. The monoisotopic (exact) mass is 384 g/mol. The van der Waals surface area contributed by atoms with Crippen LogP contribution in [0.3, 0.4) is 0 Å². The zero-order chi connectivity index (χ0) is 19.4. The number of hydrazone groups is 1. The number of urea groups is 1. The number of nitrogens with zero attached hydrogens (tertiary/aromatic N) is 2. The quantitative estimate of drug-likeness (QED) is 0.846. The van der Waals surface area contributed by atoms with Gasteiger partial charge in [0.05, 0.1) is 16.6 Å². The molecular weight excluding hydrogens is 360 g/mol. The lowest BCUT2D eigenvalue weighted by atomic mass is 10.0. The van der Waals surface area contributed by atoms with E-state index >= 15 is 0 Å². The number of rotatable bonds is 4. The molecule has 6 nitrogen and oxygen atoms in total. The zero-order valence-electron chi connectivity index (χ0n) is 15.7. The van der Waals surface area contributed by atoms with Crippen molar-refractivity contribution in [1.29, 1.82) is 0 Å². The molecule has 3 rings (SSSR count). The highest BCUT2D eigenvalue weighted by atomic mass is 32.1. The average Bonchev–Trinajstić information content (AvgIpc) is 3.28. The molecule has 7 heteroatoms. The van der Waals surface area contributed by atoms with Gasteiger partial charge >= 0.3 is 6.03 Å². The topological polar surface area (TPSA) is 73.8 Å². The average molecular weight is 385 g/mol. The number of hydrogen-bond donors (Lipinski definition) is 2. The van der Waals surface area contributed by atoms with Gasteiger partial charge in [0.2, 0.25) is 0 Å². The molecule has 0 aliphatic carbocycles. The van der Waals surface area contributed by atoms with Gasteiger partial charge in [-0.1, -0.05) is 36.4 Å². The van der Waals surface area contributed by atoms with E-state index in [2.05, 4.69) is 15.7 Å². The van der Waals surface area contributed by atoms with Gasteiger partial charge in [-0.25, -0.2) is 9.80 Å². The fourth-order valence-corrected chi connectivity index (χ4v) is 3.61. The number of thiophene rings is 1. The lowest BCUT2D eigenvalue weighted by Crippen LogP contribution is -2.48. The van der Waals surface area contributed by atoms with Crippen molar-refractivity contribution in [2.24, 2.45) is 5.10 Å². The van der Waals surface area contributed by atoms with Crippen molar-refractivity contribution in [1.82, 2.24) is 15.6 Å². The number of benzene rings is 1. The van der Waals surface area contributed by atoms with Crippen LogP contribution in [0.5, 0.6) is 0 Å². The number of carbonyl (C=O) groups is 2. The summed E-state index contributed by atoms with van der Waals surface area (Å²) in [5.41, 5.74) is 1.56. The second-order valence-electron chi connectivity index (χ2n) is 7.45. The van der Waals surface area contributed by atoms with Crippen LogP contribution in [0, 0.1) is 0 Å². The maximum absolute atomic E-state index is 12.8. The van der Waals surface area contributed by atoms with Gasteiger partial charge in [0, 0.05) is 12.0 Å². The smallest absolute Gasteiger partial charge is 0.315 e. The molecule has 0 saturated heterocycles. The van der Waals surface area contributed by atoms with E-state index < -0.39 is 0 Å². The van der Waals surface area contributed by atoms with Crippen LogP contribution < -0.4 is 10.6 Å². The van der Waals surface area contributed by atoms with Crippen LogP contribution >= 0.6 is 11.3 Å².